The summed E-state index contributed by atoms with van der Waals surface area (Å²) in [6, 6.07) is 0.209. The molecule has 0 aromatic rings. The van der Waals surface area contributed by atoms with E-state index in [1.807, 2.05) is 4.90 Å². The summed E-state index contributed by atoms with van der Waals surface area (Å²) in [5.41, 5.74) is 0. The summed E-state index contributed by atoms with van der Waals surface area (Å²) in [6.07, 6.45) is 3.03. The summed E-state index contributed by atoms with van der Waals surface area (Å²) in [5.74, 6) is 0.231. The molecular formula is C10H18N2O2. The lowest BCUT2D eigenvalue weighted by atomic mass is 10.2. The highest BCUT2D eigenvalue weighted by Gasteiger charge is 2.31. The van der Waals surface area contributed by atoms with E-state index in [1.165, 1.54) is 6.42 Å². The second-order valence-electron chi connectivity index (χ2n) is 4.09. The van der Waals surface area contributed by atoms with Gasteiger partial charge in [0.25, 0.3) is 0 Å². The number of hydrogen-bond donors (Lipinski definition) is 1. The Bertz CT molecular complexity index is 214. The van der Waals surface area contributed by atoms with Crippen molar-refractivity contribution in [3.05, 3.63) is 0 Å². The zero-order valence-electron chi connectivity index (χ0n) is 8.66. The molecule has 2 rings (SSSR count). The summed E-state index contributed by atoms with van der Waals surface area (Å²) in [6.45, 7) is 4.33. The van der Waals surface area contributed by atoms with Crippen LogP contribution >= 0.6 is 0 Å². The Labute approximate surface area is 84.6 Å². The minimum absolute atomic E-state index is 0.209. The monoisotopic (exact) mass is 198 g/mol. The van der Waals surface area contributed by atoms with E-state index < -0.39 is 0 Å². The first-order valence-corrected chi connectivity index (χ1v) is 5.41. The van der Waals surface area contributed by atoms with Crippen LogP contribution in [0.4, 0.5) is 0 Å². The average Bonchev–Trinajstić information content (AvgIpc) is 2.61. The molecule has 2 aliphatic rings. The molecule has 1 N–H and O–H groups in total. The quantitative estimate of drug-likeness (QED) is 0.660. The Morgan fingerprint density at radius 2 is 2.43 bits per heavy atom. The third-order valence-corrected chi connectivity index (χ3v) is 2.95. The fourth-order valence-corrected chi connectivity index (χ4v) is 2.25. The van der Waals surface area contributed by atoms with E-state index in [9.17, 15) is 4.79 Å². The van der Waals surface area contributed by atoms with Crippen molar-refractivity contribution < 1.29 is 9.53 Å². The summed E-state index contributed by atoms with van der Waals surface area (Å²) in [7, 11) is 0. The van der Waals surface area contributed by atoms with Gasteiger partial charge >= 0.3 is 0 Å². The van der Waals surface area contributed by atoms with Crippen LogP contribution in [0.25, 0.3) is 0 Å². The fraction of sp³-hybridized carbons (Fsp3) is 0.900. The van der Waals surface area contributed by atoms with E-state index >= 15 is 0 Å². The first-order chi connectivity index (χ1) is 6.79. The average molecular weight is 198 g/mol. The van der Waals surface area contributed by atoms with Crippen molar-refractivity contribution in [2.45, 2.75) is 38.4 Å². The minimum atomic E-state index is 0.209. The van der Waals surface area contributed by atoms with Crippen LogP contribution in [0.2, 0.25) is 0 Å². The summed E-state index contributed by atoms with van der Waals surface area (Å²) in [5, 5.41) is 3.36. The van der Waals surface area contributed by atoms with Gasteiger partial charge in [0, 0.05) is 0 Å². The lowest BCUT2D eigenvalue weighted by Gasteiger charge is -2.32. The smallest absolute Gasteiger partial charge is 0.226 e. The van der Waals surface area contributed by atoms with Gasteiger partial charge in [0.15, 0.2) is 0 Å². The van der Waals surface area contributed by atoms with Crippen molar-refractivity contribution in [3.63, 3.8) is 0 Å². The van der Waals surface area contributed by atoms with Crippen LogP contribution < -0.4 is 5.32 Å². The van der Waals surface area contributed by atoms with Gasteiger partial charge in [-0.05, 0) is 26.3 Å². The number of carbonyl (C=O) groups is 1. The Morgan fingerprint density at radius 1 is 1.57 bits per heavy atom. The van der Waals surface area contributed by atoms with Gasteiger partial charge in [-0.1, -0.05) is 0 Å². The molecule has 2 saturated heterocycles. The summed E-state index contributed by atoms with van der Waals surface area (Å²) < 4.78 is 5.38. The number of ether oxygens (including phenoxy) is 1. The number of hydrogen-bond acceptors (Lipinski definition) is 3. The van der Waals surface area contributed by atoms with Crippen LogP contribution in [0.5, 0.6) is 0 Å². The van der Waals surface area contributed by atoms with Gasteiger partial charge in [-0.15, -0.1) is 0 Å². The number of amides is 1. The van der Waals surface area contributed by atoms with Crippen LogP contribution in [0.3, 0.4) is 0 Å². The van der Waals surface area contributed by atoms with Gasteiger partial charge in [0.1, 0.15) is 0 Å². The van der Waals surface area contributed by atoms with Gasteiger partial charge in [0.05, 0.1) is 31.8 Å². The van der Waals surface area contributed by atoms with E-state index in [4.69, 9.17) is 4.74 Å². The summed E-state index contributed by atoms with van der Waals surface area (Å²) >= 11 is 0. The number of rotatable bonds is 1. The molecule has 1 amide bonds. The molecule has 2 aliphatic heterocycles. The van der Waals surface area contributed by atoms with Crippen LogP contribution in [-0.4, -0.2) is 42.8 Å². The van der Waals surface area contributed by atoms with E-state index in [0.29, 0.717) is 19.6 Å². The first kappa shape index (κ1) is 9.93. The highest BCUT2D eigenvalue weighted by Crippen LogP contribution is 2.17. The molecule has 14 heavy (non-hydrogen) atoms. The Hall–Kier alpha value is -0.610. The topological polar surface area (TPSA) is 41.6 Å². The van der Waals surface area contributed by atoms with Crippen LogP contribution in [0, 0.1) is 0 Å². The van der Waals surface area contributed by atoms with Crippen molar-refractivity contribution in [2.24, 2.45) is 0 Å². The van der Waals surface area contributed by atoms with Crippen LogP contribution in [0.1, 0.15) is 26.2 Å². The molecule has 0 aliphatic carbocycles. The van der Waals surface area contributed by atoms with Crippen molar-refractivity contribution >= 4 is 5.91 Å². The molecule has 0 saturated carbocycles. The number of carbonyl (C=O) groups excluding carboxylic acids is 1. The van der Waals surface area contributed by atoms with Crippen molar-refractivity contribution in [2.75, 3.05) is 19.8 Å². The Balaban J connectivity index is 2.06. The maximum Gasteiger partial charge on any atom is 0.226 e. The van der Waals surface area contributed by atoms with Crippen LogP contribution in [0.15, 0.2) is 0 Å². The highest BCUT2D eigenvalue weighted by molar-refractivity contribution is 5.77. The van der Waals surface area contributed by atoms with E-state index in [-0.39, 0.29) is 18.1 Å². The highest BCUT2D eigenvalue weighted by atomic mass is 16.5. The van der Waals surface area contributed by atoms with E-state index in [0.717, 1.165) is 13.0 Å². The lowest BCUT2D eigenvalue weighted by Crippen LogP contribution is -2.50. The number of nitrogens with zero attached hydrogens (tertiary/aromatic N) is 1. The molecule has 2 heterocycles. The lowest BCUT2D eigenvalue weighted by molar-refractivity contribution is -0.135. The third-order valence-electron chi connectivity index (χ3n) is 2.95. The zero-order valence-corrected chi connectivity index (χ0v) is 8.66. The van der Waals surface area contributed by atoms with Gasteiger partial charge in [-0.2, -0.15) is 0 Å². The molecule has 4 nitrogen and oxygen atoms in total. The standard InChI is InChI=1S/C10H18N2O2/c1-8-7-14-6-4-10(13)12(8)9-3-2-5-11-9/h8-9,11H,2-7H2,1H3. The van der Waals surface area contributed by atoms with E-state index in [1.54, 1.807) is 0 Å². The van der Waals surface area contributed by atoms with Gasteiger partial charge in [-0.3, -0.25) is 10.1 Å². The Kier molecular flexibility index (Phi) is 3.03. The predicted molar refractivity (Wildman–Crippen MR) is 52.8 cm³/mol. The molecule has 80 valence electrons. The molecule has 0 aromatic heterocycles. The molecule has 4 heteroatoms. The van der Waals surface area contributed by atoms with Gasteiger partial charge in [-0.25, -0.2) is 0 Å². The molecular weight excluding hydrogens is 180 g/mol. The summed E-state index contributed by atoms with van der Waals surface area (Å²) in [4.78, 5) is 13.8. The molecule has 0 spiro atoms. The first-order valence-electron chi connectivity index (χ1n) is 5.41. The largest absolute Gasteiger partial charge is 0.379 e. The Morgan fingerprint density at radius 3 is 3.14 bits per heavy atom. The zero-order chi connectivity index (χ0) is 9.97. The SMILES string of the molecule is CC1COCCC(=O)N1C1CCCN1. The predicted octanol–water partition coefficient (Wildman–Crippen LogP) is 0.333. The fourth-order valence-electron chi connectivity index (χ4n) is 2.25. The van der Waals surface area contributed by atoms with Gasteiger partial charge < -0.3 is 9.64 Å². The second-order valence-corrected chi connectivity index (χ2v) is 4.09. The van der Waals surface area contributed by atoms with E-state index in [2.05, 4.69) is 12.2 Å². The molecule has 0 radical (unpaired) electrons. The maximum atomic E-state index is 11.8. The molecule has 2 fully saturated rings. The molecule has 0 bridgehead atoms. The van der Waals surface area contributed by atoms with Gasteiger partial charge in [0.2, 0.25) is 5.91 Å². The minimum Gasteiger partial charge on any atom is -0.379 e. The normalized spacial score (nSPS) is 34.6. The maximum absolute atomic E-state index is 11.8. The number of nitrogens with one attached hydrogen (secondary N) is 1. The second kappa shape index (κ2) is 4.28. The third kappa shape index (κ3) is 1.91. The van der Waals surface area contributed by atoms with Crippen molar-refractivity contribution in [3.8, 4) is 0 Å². The molecule has 0 aromatic carbocycles. The van der Waals surface area contributed by atoms with Crippen LogP contribution in [-0.2, 0) is 9.53 Å². The molecule has 2 unspecified atom stereocenters. The van der Waals surface area contributed by atoms with Crippen molar-refractivity contribution in [1.82, 2.24) is 10.2 Å². The van der Waals surface area contributed by atoms with Crippen molar-refractivity contribution in [1.29, 1.82) is 0 Å². The molecule has 2 atom stereocenters.